The Hall–Kier alpha value is 0.430. The zero-order valence-corrected chi connectivity index (χ0v) is 6.91. The lowest BCUT2D eigenvalue weighted by Crippen LogP contribution is -2.23. The van der Waals surface area contributed by atoms with Gasteiger partial charge in [0.2, 0.25) is 5.91 Å². The van der Waals surface area contributed by atoms with E-state index in [0.29, 0.717) is 0 Å². The lowest BCUT2D eigenvalue weighted by atomic mass is 10.7. The zero-order chi connectivity index (χ0) is 5.86. The molecule has 42 valence electrons. The van der Waals surface area contributed by atoms with Crippen molar-refractivity contribution < 1.29 is 4.79 Å². The molecule has 0 heterocycles. The number of alkyl halides is 2. The summed E-state index contributed by atoms with van der Waals surface area (Å²) in [6.07, 6.45) is 0. The molecule has 0 fully saturated rings. The van der Waals surface area contributed by atoms with Gasteiger partial charge in [-0.25, -0.2) is 0 Å². The van der Waals surface area contributed by atoms with Crippen LogP contribution in [0.25, 0.3) is 0 Å². The van der Waals surface area contributed by atoms with Gasteiger partial charge in [-0.1, -0.05) is 31.9 Å². The van der Waals surface area contributed by atoms with Crippen molar-refractivity contribution in [2.24, 2.45) is 0 Å². The normalized spacial score (nSPS) is 9.14. The van der Waals surface area contributed by atoms with Gasteiger partial charge in [0.1, 0.15) is 3.74 Å². The molecule has 0 aromatic carbocycles. The first-order valence-corrected chi connectivity index (χ1v) is 3.51. The van der Waals surface area contributed by atoms with E-state index in [1.165, 1.54) is 0 Å². The van der Waals surface area contributed by atoms with Crippen LogP contribution in [0.2, 0.25) is 0 Å². The molecule has 2 nitrogen and oxygen atoms in total. The standard InChI is InChI=1S/C3H5Br2NO/c1-6-3(7)2(4)5/h2H,1H3,(H,6,7). The summed E-state index contributed by atoms with van der Waals surface area (Å²) in [5.41, 5.74) is 0. The van der Waals surface area contributed by atoms with Crippen LogP contribution < -0.4 is 5.32 Å². The van der Waals surface area contributed by atoms with Crippen LogP contribution in [0.4, 0.5) is 0 Å². The number of amides is 1. The average molecular weight is 231 g/mol. The topological polar surface area (TPSA) is 29.1 Å². The monoisotopic (exact) mass is 229 g/mol. The smallest absolute Gasteiger partial charge is 0.244 e. The lowest BCUT2D eigenvalue weighted by Gasteiger charge is -1.95. The Bertz CT molecular complexity index is 73.3. The number of carbonyl (C=O) groups excluding carboxylic acids is 1. The van der Waals surface area contributed by atoms with Crippen molar-refractivity contribution in [1.29, 1.82) is 0 Å². The Labute approximate surface area is 58.9 Å². The minimum Gasteiger partial charge on any atom is -0.357 e. The van der Waals surface area contributed by atoms with Gasteiger partial charge in [0, 0.05) is 7.05 Å². The van der Waals surface area contributed by atoms with Gasteiger partial charge in [0.25, 0.3) is 0 Å². The Morgan fingerprint density at radius 3 is 2.14 bits per heavy atom. The molecule has 0 unspecified atom stereocenters. The van der Waals surface area contributed by atoms with Gasteiger partial charge in [-0.15, -0.1) is 0 Å². The van der Waals surface area contributed by atoms with Crippen molar-refractivity contribution in [2.45, 2.75) is 3.74 Å². The van der Waals surface area contributed by atoms with E-state index < -0.39 is 0 Å². The van der Waals surface area contributed by atoms with Gasteiger partial charge in [-0.2, -0.15) is 0 Å². The summed E-state index contributed by atoms with van der Waals surface area (Å²) in [6, 6.07) is 0. The maximum absolute atomic E-state index is 10.3. The molecule has 1 N–H and O–H groups in total. The van der Waals surface area contributed by atoms with Gasteiger partial charge in [-0.05, 0) is 0 Å². The molecule has 0 saturated carbocycles. The summed E-state index contributed by atoms with van der Waals surface area (Å²) in [5.74, 6) is -0.0694. The Kier molecular flexibility index (Phi) is 3.65. The Morgan fingerprint density at radius 2 is 2.14 bits per heavy atom. The highest BCUT2D eigenvalue weighted by Gasteiger charge is 2.04. The van der Waals surface area contributed by atoms with Crippen LogP contribution in [-0.4, -0.2) is 16.7 Å². The van der Waals surface area contributed by atoms with E-state index in [2.05, 4.69) is 37.2 Å². The van der Waals surface area contributed by atoms with E-state index in [0.717, 1.165) is 0 Å². The van der Waals surface area contributed by atoms with Crippen molar-refractivity contribution >= 4 is 37.8 Å². The fraction of sp³-hybridized carbons (Fsp3) is 0.667. The number of carbonyl (C=O) groups is 1. The molecule has 0 aliphatic heterocycles. The molecular formula is C3H5Br2NO. The maximum Gasteiger partial charge on any atom is 0.244 e. The molecule has 0 radical (unpaired) electrons. The van der Waals surface area contributed by atoms with E-state index >= 15 is 0 Å². The predicted molar refractivity (Wildman–Crippen MR) is 35.7 cm³/mol. The highest BCUT2D eigenvalue weighted by molar-refractivity contribution is 9.25. The number of hydrogen-bond acceptors (Lipinski definition) is 1. The Balaban J connectivity index is 3.35. The summed E-state index contributed by atoms with van der Waals surface area (Å²) >= 11 is 6.01. The van der Waals surface area contributed by atoms with Gasteiger partial charge in [-0.3, -0.25) is 4.79 Å². The molecule has 1 amide bonds. The van der Waals surface area contributed by atoms with Crippen molar-refractivity contribution in [1.82, 2.24) is 5.32 Å². The highest BCUT2D eigenvalue weighted by Crippen LogP contribution is 2.05. The first-order valence-electron chi connectivity index (χ1n) is 1.68. The molecule has 0 aliphatic rings. The maximum atomic E-state index is 10.3. The molecular weight excluding hydrogens is 226 g/mol. The van der Waals surface area contributed by atoms with Crippen LogP contribution in [0.1, 0.15) is 0 Å². The quantitative estimate of drug-likeness (QED) is 0.665. The summed E-state index contributed by atoms with van der Waals surface area (Å²) in [6.45, 7) is 0. The van der Waals surface area contributed by atoms with Gasteiger partial charge in [0.05, 0.1) is 0 Å². The molecule has 0 bridgehead atoms. The van der Waals surface area contributed by atoms with Crippen molar-refractivity contribution in [2.75, 3.05) is 7.05 Å². The zero-order valence-electron chi connectivity index (χ0n) is 3.74. The molecule has 0 saturated heterocycles. The van der Waals surface area contributed by atoms with Gasteiger partial charge in [0.15, 0.2) is 0 Å². The van der Waals surface area contributed by atoms with Gasteiger partial charge < -0.3 is 5.32 Å². The van der Waals surface area contributed by atoms with Crippen LogP contribution in [0.15, 0.2) is 0 Å². The second kappa shape index (κ2) is 3.43. The van der Waals surface area contributed by atoms with E-state index in [-0.39, 0.29) is 9.64 Å². The van der Waals surface area contributed by atoms with Crippen molar-refractivity contribution in [3.05, 3.63) is 0 Å². The minimum absolute atomic E-state index is 0.0694. The minimum atomic E-state index is -0.259. The second-order valence-corrected chi connectivity index (χ2v) is 3.98. The number of rotatable bonds is 1. The first-order chi connectivity index (χ1) is 3.18. The fourth-order valence-corrected chi connectivity index (χ4v) is 0.567. The number of halogens is 2. The van der Waals surface area contributed by atoms with E-state index in [4.69, 9.17) is 0 Å². The molecule has 7 heavy (non-hydrogen) atoms. The SMILES string of the molecule is CNC(=O)C(Br)Br. The largest absolute Gasteiger partial charge is 0.357 e. The first kappa shape index (κ1) is 7.43. The number of hydrogen-bond donors (Lipinski definition) is 1. The molecule has 4 heteroatoms. The summed E-state index contributed by atoms with van der Waals surface area (Å²) in [5, 5.41) is 2.43. The third-order valence-corrected chi connectivity index (χ3v) is 1.28. The van der Waals surface area contributed by atoms with Crippen LogP contribution in [0, 0.1) is 0 Å². The van der Waals surface area contributed by atoms with Crippen molar-refractivity contribution in [3.63, 3.8) is 0 Å². The second-order valence-electron chi connectivity index (χ2n) is 0.915. The summed E-state index contributed by atoms with van der Waals surface area (Å²) in [4.78, 5) is 10.3. The molecule has 0 atom stereocenters. The van der Waals surface area contributed by atoms with Crippen LogP contribution in [0.5, 0.6) is 0 Å². The molecule has 0 aromatic rings. The van der Waals surface area contributed by atoms with Crippen LogP contribution >= 0.6 is 31.9 Å². The third kappa shape index (κ3) is 3.05. The summed E-state index contributed by atoms with van der Waals surface area (Å²) in [7, 11) is 1.58. The average Bonchev–Trinajstić information content (AvgIpc) is 1.65. The van der Waals surface area contributed by atoms with E-state index in [1.54, 1.807) is 7.05 Å². The molecule has 0 aromatic heterocycles. The fourth-order valence-electron chi connectivity index (χ4n) is 0.109. The third-order valence-electron chi connectivity index (χ3n) is 0.445. The molecule has 0 rings (SSSR count). The molecule has 0 aliphatic carbocycles. The van der Waals surface area contributed by atoms with Crippen LogP contribution in [0.3, 0.4) is 0 Å². The number of nitrogens with one attached hydrogen (secondary N) is 1. The highest BCUT2D eigenvalue weighted by atomic mass is 79.9. The molecule has 0 spiro atoms. The predicted octanol–water partition coefficient (Wildman–Crippen LogP) is 0.848. The lowest BCUT2D eigenvalue weighted by molar-refractivity contribution is -0.118. The van der Waals surface area contributed by atoms with Crippen molar-refractivity contribution in [3.8, 4) is 0 Å². The Morgan fingerprint density at radius 1 is 1.71 bits per heavy atom. The summed E-state index contributed by atoms with van der Waals surface area (Å²) < 4.78 is -0.259. The van der Waals surface area contributed by atoms with E-state index in [9.17, 15) is 4.79 Å². The van der Waals surface area contributed by atoms with E-state index in [1.807, 2.05) is 0 Å². The van der Waals surface area contributed by atoms with Crippen LogP contribution in [-0.2, 0) is 4.79 Å². The van der Waals surface area contributed by atoms with Gasteiger partial charge >= 0.3 is 0 Å².